The number of aromatic hydroxyl groups is 1. The molecule has 2 aromatic carbocycles. The fraction of sp³-hybridized carbons (Fsp3) is 0.400. The SMILES string of the molecule is Oc1ccc(OCc2ccc(CCCN3CCOCC3)cc2)cc1. The van der Waals surface area contributed by atoms with Crippen LogP contribution < -0.4 is 4.74 Å². The zero-order chi connectivity index (χ0) is 16.6. The first-order chi connectivity index (χ1) is 11.8. The van der Waals surface area contributed by atoms with Crippen LogP contribution in [0.15, 0.2) is 48.5 Å². The summed E-state index contributed by atoms with van der Waals surface area (Å²) in [4.78, 5) is 2.48. The third-order valence-electron chi connectivity index (χ3n) is 4.31. The minimum Gasteiger partial charge on any atom is -0.508 e. The normalized spacial score (nSPS) is 15.3. The molecule has 0 spiro atoms. The van der Waals surface area contributed by atoms with Crippen molar-refractivity contribution in [2.45, 2.75) is 19.4 Å². The predicted molar refractivity (Wildman–Crippen MR) is 94.5 cm³/mol. The second-order valence-corrected chi connectivity index (χ2v) is 6.16. The van der Waals surface area contributed by atoms with Gasteiger partial charge >= 0.3 is 0 Å². The molecule has 4 heteroatoms. The van der Waals surface area contributed by atoms with Gasteiger partial charge in [0.15, 0.2) is 0 Å². The van der Waals surface area contributed by atoms with Gasteiger partial charge in [0, 0.05) is 13.1 Å². The Hall–Kier alpha value is -2.04. The van der Waals surface area contributed by atoms with Crippen LogP contribution in [-0.4, -0.2) is 42.9 Å². The molecule has 2 aromatic rings. The number of hydrogen-bond donors (Lipinski definition) is 1. The first-order valence-electron chi connectivity index (χ1n) is 8.59. The topological polar surface area (TPSA) is 41.9 Å². The molecule has 0 unspecified atom stereocenters. The highest BCUT2D eigenvalue weighted by Crippen LogP contribution is 2.17. The summed E-state index contributed by atoms with van der Waals surface area (Å²) >= 11 is 0. The van der Waals surface area contributed by atoms with Gasteiger partial charge in [-0.25, -0.2) is 0 Å². The molecule has 0 bridgehead atoms. The number of hydrogen-bond acceptors (Lipinski definition) is 4. The fourth-order valence-electron chi connectivity index (χ4n) is 2.84. The largest absolute Gasteiger partial charge is 0.508 e. The van der Waals surface area contributed by atoms with E-state index in [2.05, 4.69) is 29.2 Å². The number of ether oxygens (including phenoxy) is 2. The van der Waals surface area contributed by atoms with E-state index in [0.717, 1.165) is 50.6 Å². The zero-order valence-electron chi connectivity index (χ0n) is 14.0. The van der Waals surface area contributed by atoms with Crippen LogP contribution in [0.4, 0.5) is 0 Å². The van der Waals surface area contributed by atoms with Gasteiger partial charge in [-0.1, -0.05) is 24.3 Å². The first kappa shape index (κ1) is 16.8. The standard InChI is InChI=1S/C20H25NO3/c22-19-7-9-20(10-8-19)24-16-18-5-3-17(4-6-18)2-1-11-21-12-14-23-15-13-21/h3-10,22H,1-2,11-16H2. The van der Waals surface area contributed by atoms with E-state index >= 15 is 0 Å². The molecule has 1 N–H and O–H groups in total. The van der Waals surface area contributed by atoms with Crippen LogP contribution in [0, 0.1) is 0 Å². The lowest BCUT2D eigenvalue weighted by Crippen LogP contribution is -2.36. The number of phenolic OH excluding ortho intramolecular Hbond substituents is 1. The third kappa shape index (κ3) is 5.25. The number of phenols is 1. The second kappa shape index (κ2) is 8.71. The van der Waals surface area contributed by atoms with E-state index in [1.54, 1.807) is 24.3 Å². The Kier molecular flexibility index (Phi) is 6.10. The fourth-order valence-corrected chi connectivity index (χ4v) is 2.84. The summed E-state index contributed by atoms with van der Waals surface area (Å²) in [5.41, 5.74) is 2.52. The third-order valence-corrected chi connectivity index (χ3v) is 4.31. The molecule has 4 nitrogen and oxygen atoms in total. The van der Waals surface area contributed by atoms with Crippen LogP contribution in [0.5, 0.6) is 11.5 Å². The molecular weight excluding hydrogens is 302 g/mol. The molecule has 0 aliphatic carbocycles. The van der Waals surface area contributed by atoms with Crippen molar-refractivity contribution in [2.75, 3.05) is 32.8 Å². The van der Waals surface area contributed by atoms with Crippen LogP contribution >= 0.6 is 0 Å². The van der Waals surface area contributed by atoms with Gasteiger partial charge in [-0.15, -0.1) is 0 Å². The molecule has 1 saturated heterocycles. The highest BCUT2D eigenvalue weighted by molar-refractivity contribution is 5.30. The average molecular weight is 327 g/mol. The Morgan fingerprint density at radius 2 is 1.58 bits per heavy atom. The summed E-state index contributed by atoms with van der Waals surface area (Å²) in [5.74, 6) is 1.02. The molecule has 0 saturated carbocycles. The van der Waals surface area contributed by atoms with Crippen LogP contribution in [0.1, 0.15) is 17.5 Å². The molecule has 24 heavy (non-hydrogen) atoms. The van der Waals surface area contributed by atoms with E-state index in [-0.39, 0.29) is 5.75 Å². The van der Waals surface area contributed by atoms with Crippen molar-refractivity contribution < 1.29 is 14.6 Å². The number of morpholine rings is 1. The highest BCUT2D eigenvalue weighted by atomic mass is 16.5. The molecule has 0 radical (unpaired) electrons. The maximum atomic E-state index is 9.26. The zero-order valence-corrected chi connectivity index (χ0v) is 14.0. The van der Waals surface area contributed by atoms with Crippen LogP contribution in [-0.2, 0) is 17.8 Å². The number of aryl methyl sites for hydroxylation is 1. The lowest BCUT2D eigenvalue weighted by Gasteiger charge is -2.26. The lowest BCUT2D eigenvalue weighted by atomic mass is 10.1. The Morgan fingerprint density at radius 1 is 0.917 bits per heavy atom. The van der Waals surface area contributed by atoms with Gasteiger partial charge in [0.25, 0.3) is 0 Å². The Morgan fingerprint density at radius 3 is 2.29 bits per heavy atom. The molecule has 0 atom stereocenters. The average Bonchev–Trinajstić information content (AvgIpc) is 2.63. The van der Waals surface area contributed by atoms with E-state index in [1.165, 1.54) is 12.0 Å². The van der Waals surface area contributed by atoms with E-state index in [4.69, 9.17) is 9.47 Å². The second-order valence-electron chi connectivity index (χ2n) is 6.16. The molecule has 128 valence electrons. The monoisotopic (exact) mass is 327 g/mol. The highest BCUT2D eigenvalue weighted by Gasteiger charge is 2.09. The smallest absolute Gasteiger partial charge is 0.120 e. The molecule has 1 aliphatic heterocycles. The molecule has 0 amide bonds. The minimum absolute atomic E-state index is 0.254. The van der Waals surface area contributed by atoms with Gasteiger partial charge in [0.1, 0.15) is 18.1 Å². The quantitative estimate of drug-likeness (QED) is 0.848. The maximum Gasteiger partial charge on any atom is 0.120 e. The molecular formula is C20H25NO3. The van der Waals surface area contributed by atoms with E-state index in [0.29, 0.717) is 6.61 Å². The van der Waals surface area contributed by atoms with Crippen molar-refractivity contribution in [3.05, 3.63) is 59.7 Å². The molecule has 1 aliphatic rings. The summed E-state index contributed by atoms with van der Waals surface area (Å²) in [5, 5.41) is 9.26. The summed E-state index contributed by atoms with van der Waals surface area (Å²) in [6.07, 6.45) is 2.29. The minimum atomic E-state index is 0.254. The van der Waals surface area contributed by atoms with Crippen LogP contribution in [0.25, 0.3) is 0 Å². The van der Waals surface area contributed by atoms with E-state index in [9.17, 15) is 5.11 Å². The number of benzene rings is 2. The van der Waals surface area contributed by atoms with Gasteiger partial charge in [-0.2, -0.15) is 0 Å². The summed E-state index contributed by atoms with van der Waals surface area (Å²) in [6.45, 7) is 5.56. The van der Waals surface area contributed by atoms with Crippen molar-refractivity contribution in [3.63, 3.8) is 0 Å². The van der Waals surface area contributed by atoms with Gasteiger partial charge in [-0.3, -0.25) is 4.90 Å². The first-order valence-corrected chi connectivity index (χ1v) is 8.59. The van der Waals surface area contributed by atoms with Crippen molar-refractivity contribution in [3.8, 4) is 11.5 Å². The Labute approximate surface area is 143 Å². The van der Waals surface area contributed by atoms with Gasteiger partial charge < -0.3 is 14.6 Å². The lowest BCUT2D eigenvalue weighted by molar-refractivity contribution is 0.0375. The van der Waals surface area contributed by atoms with E-state index in [1.807, 2.05) is 0 Å². The molecule has 3 rings (SSSR count). The number of nitrogens with zero attached hydrogens (tertiary/aromatic N) is 1. The van der Waals surface area contributed by atoms with Gasteiger partial charge in [0.05, 0.1) is 13.2 Å². The maximum absolute atomic E-state index is 9.26. The Balaban J connectivity index is 1.40. The Bertz CT molecular complexity index is 604. The van der Waals surface area contributed by atoms with Crippen LogP contribution in [0.3, 0.4) is 0 Å². The summed E-state index contributed by atoms with van der Waals surface area (Å²) < 4.78 is 11.1. The summed E-state index contributed by atoms with van der Waals surface area (Å²) in [7, 11) is 0. The van der Waals surface area contributed by atoms with E-state index < -0.39 is 0 Å². The number of rotatable bonds is 7. The molecule has 1 heterocycles. The van der Waals surface area contributed by atoms with Crippen molar-refractivity contribution in [1.82, 2.24) is 4.90 Å². The molecule has 0 aromatic heterocycles. The van der Waals surface area contributed by atoms with Crippen molar-refractivity contribution in [2.24, 2.45) is 0 Å². The van der Waals surface area contributed by atoms with Gasteiger partial charge in [-0.05, 0) is 54.8 Å². The van der Waals surface area contributed by atoms with Crippen molar-refractivity contribution in [1.29, 1.82) is 0 Å². The van der Waals surface area contributed by atoms with Crippen molar-refractivity contribution >= 4 is 0 Å². The predicted octanol–water partition coefficient (Wildman–Crippen LogP) is 3.24. The van der Waals surface area contributed by atoms with Gasteiger partial charge in [0.2, 0.25) is 0 Å². The van der Waals surface area contributed by atoms with Crippen LogP contribution in [0.2, 0.25) is 0 Å². The molecule has 1 fully saturated rings. The summed E-state index contributed by atoms with van der Waals surface area (Å²) in [6, 6.07) is 15.4.